The molecule has 0 spiro atoms. The molecule has 118 valence electrons. The molecule has 7 nitrogen and oxygen atoms in total. The highest BCUT2D eigenvalue weighted by Gasteiger charge is 2.38. The maximum Gasteiger partial charge on any atom is 0.410 e. The van der Waals surface area contributed by atoms with Crippen molar-refractivity contribution in [3.63, 3.8) is 0 Å². The summed E-state index contributed by atoms with van der Waals surface area (Å²) in [6.07, 6.45) is 1.30. The average Bonchev–Trinajstić information content (AvgIpc) is 2.96. The van der Waals surface area contributed by atoms with Gasteiger partial charge in [-0.25, -0.2) is 9.59 Å². The molecule has 2 saturated heterocycles. The van der Waals surface area contributed by atoms with E-state index in [1.807, 2.05) is 0 Å². The SMILES string of the molecule is CC(C)(C)OC(=O)N1CCCC1C(=O)N[C@@H]1CCOC1=O. The summed E-state index contributed by atoms with van der Waals surface area (Å²) in [7, 11) is 0. The van der Waals surface area contributed by atoms with Crippen molar-refractivity contribution in [3.05, 3.63) is 0 Å². The second-order valence-corrected chi connectivity index (χ2v) is 6.35. The summed E-state index contributed by atoms with van der Waals surface area (Å²) in [5.74, 6) is -0.729. The molecule has 0 aromatic rings. The lowest BCUT2D eigenvalue weighted by molar-refractivity contribution is -0.141. The summed E-state index contributed by atoms with van der Waals surface area (Å²) < 4.78 is 10.1. The van der Waals surface area contributed by atoms with Crippen LogP contribution in [0.4, 0.5) is 4.79 Å². The minimum atomic E-state index is -0.601. The third-order valence-electron chi connectivity index (χ3n) is 3.44. The Hall–Kier alpha value is -1.79. The van der Waals surface area contributed by atoms with Crippen LogP contribution in [0.2, 0.25) is 0 Å². The van der Waals surface area contributed by atoms with Gasteiger partial charge in [0.1, 0.15) is 17.7 Å². The summed E-state index contributed by atoms with van der Waals surface area (Å²) in [5.41, 5.74) is -0.601. The average molecular weight is 298 g/mol. The first-order valence-electron chi connectivity index (χ1n) is 7.24. The molecule has 2 aliphatic rings. The van der Waals surface area contributed by atoms with Crippen LogP contribution in [0.1, 0.15) is 40.0 Å². The van der Waals surface area contributed by atoms with Crippen LogP contribution in [0.15, 0.2) is 0 Å². The van der Waals surface area contributed by atoms with Gasteiger partial charge in [0.2, 0.25) is 5.91 Å². The Kier molecular flexibility index (Phi) is 4.39. The molecule has 21 heavy (non-hydrogen) atoms. The molecule has 0 radical (unpaired) electrons. The number of amides is 2. The van der Waals surface area contributed by atoms with E-state index in [1.54, 1.807) is 20.8 Å². The Balaban J connectivity index is 1.96. The number of nitrogens with one attached hydrogen (secondary N) is 1. The number of carbonyl (C=O) groups is 3. The molecule has 0 bridgehead atoms. The van der Waals surface area contributed by atoms with Crippen molar-refractivity contribution < 1.29 is 23.9 Å². The van der Waals surface area contributed by atoms with Crippen LogP contribution in [0.25, 0.3) is 0 Å². The van der Waals surface area contributed by atoms with E-state index in [9.17, 15) is 14.4 Å². The Morgan fingerprint density at radius 1 is 1.33 bits per heavy atom. The first kappa shape index (κ1) is 15.6. The van der Waals surface area contributed by atoms with Crippen LogP contribution in [-0.2, 0) is 19.1 Å². The van der Waals surface area contributed by atoms with Gasteiger partial charge in [-0.3, -0.25) is 9.69 Å². The monoisotopic (exact) mass is 298 g/mol. The number of cyclic esters (lactones) is 1. The van der Waals surface area contributed by atoms with E-state index in [4.69, 9.17) is 9.47 Å². The van der Waals surface area contributed by atoms with E-state index in [0.29, 0.717) is 26.0 Å². The quantitative estimate of drug-likeness (QED) is 0.763. The van der Waals surface area contributed by atoms with Crippen LogP contribution in [0.3, 0.4) is 0 Å². The zero-order valence-electron chi connectivity index (χ0n) is 12.7. The lowest BCUT2D eigenvalue weighted by atomic mass is 10.1. The zero-order chi connectivity index (χ0) is 15.6. The minimum Gasteiger partial charge on any atom is -0.464 e. The lowest BCUT2D eigenvalue weighted by Crippen LogP contribution is -2.50. The molecule has 1 N–H and O–H groups in total. The molecule has 0 aromatic heterocycles. The Bertz CT molecular complexity index is 443. The largest absolute Gasteiger partial charge is 0.464 e. The molecular formula is C14H22N2O5. The molecule has 7 heteroatoms. The van der Waals surface area contributed by atoms with Crippen molar-refractivity contribution in [2.24, 2.45) is 0 Å². The molecule has 0 aliphatic carbocycles. The molecule has 2 heterocycles. The molecule has 1 unspecified atom stereocenters. The van der Waals surface area contributed by atoms with Gasteiger partial charge in [-0.1, -0.05) is 0 Å². The number of rotatable bonds is 2. The van der Waals surface area contributed by atoms with Crippen molar-refractivity contribution in [1.82, 2.24) is 10.2 Å². The summed E-state index contributed by atoms with van der Waals surface area (Å²) >= 11 is 0. The molecule has 2 atom stereocenters. The number of hydrogen-bond acceptors (Lipinski definition) is 5. The van der Waals surface area contributed by atoms with Gasteiger partial charge in [0, 0.05) is 13.0 Å². The Morgan fingerprint density at radius 3 is 2.62 bits per heavy atom. The van der Waals surface area contributed by atoms with Crippen molar-refractivity contribution in [3.8, 4) is 0 Å². The Labute approximate surface area is 123 Å². The van der Waals surface area contributed by atoms with Gasteiger partial charge in [0.05, 0.1) is 6.61 Å². The van der Waals surface area contributed by atoms with Crippen LogP contribution in [0, 0.1) is 0 Å². The number of ether oxygens (including phenoxy) is 2. The van der Waals surface area contributed by atoms with Gasteiger partial charge in [-0.2, -0.15) is 0 Å². The van der Waals surface area contributed by atoms with E-state index < -0.39 is 29.7 Å². The molecular weight excluding hydrogens is 276 g/mol. The number of carbonyl (C=O) groups excluding carboxylic acids is 3. The topological polar surface area (TPSA) is 84.9 Å². The second kappa shape index (κ2) is 5.91. The third-order valence-corrected chi connectivity index (χ3v) is 3.44. The van der Waals surface area contributed by atoms with Crippen LogP contribution < -0.4 is 5.32 Å². The lowest BCUT2D eigenvalue weighted by Gasteiger charge is -2.28. The van der Waals surface area contributed by atoms with Crippen molar-refractivity contribution in [2.45, 2.75) is 57.7 Å². The van der Waals surface area contributed by atoms with Crippen molar-refractivity contribution in [1.29, 1.82) is 0 Å². The van der Waals surface area contributed by atoms with E-state index in [1.165, 1.54) is 4.90 Å². The molecule has 2 fully saturated rings. The minimum absolute atomic E-state index is 0.317. The summed E-state index contributed by atoms with van der Waals surface area (Å²) in [6.45, 7) is 6.16. The summed E-state index contributed by atoms with van der Waals surface area (Å²) in [4.78, 5) is 37.2. The van der Waals surface area contributed by atoms with Crippen molar-refractivity contribution in [2.75, 3.05) is 13.2 Å². The molecule has 0 saturated carbocycles. The van der Waals surface area contributed by atoms with Crippen LogP contribution in [0.5, 0.6) is 0 Å². The van der Waals surface area contributed by atoms with E-state index in [0.717, 1.165) is 6.42 Å². The highest BCUT2D eigenvalue weighted by molar-refractivity contribution is 5.90. The normalized spacial score (nSPS) is 25.7. The molecule has 0 aromatic carbocycles. The van der Waals surface area contributed by atoms with Crippen molar-refractivity contribution >= 4 is 18.0 Å². The van der Waals surface area contributed by atoms with Gasteiger partial charge in [-0.15, -0.1) is 0 Å². The smallest absolute Gasteiger partial charge is 0.410 e. The summed E-state index contributed by atoms with van der Waals surface area (Å²) in [6, 6.07) is -1.17. The third kappa shape index (κ3) is 3.86. The zero-order valence-corrected chi connectivity index (χ0v) is 12.7. The Morgan fingerprint density at radius 2 is 2.05 bits per heavy atom. The van der Waals surface area contributed by atoms with E-state index in [2.05, 4.69) is 5.32 Å². The number of nitrogens with zero attached hydrogens (tertiary/aromatic N) is 1. The predicted octanol–water partition coefficient (Wildman–Crippen LogP) is 0.818. The number of hydrogen-bond donors (Lipinski definition) is 1. The summed E-state index contributed by atoms with van der Waals surface area (Å²) in [5, 5.41) is 2.66. The fraction of sp³-hybridized carbons (Fsp3) is 0.786. The predicted molar refractivity (Wildman–Crippen MR) is 73.5 cm³/mol. The highest BCUT2D eigenvalue weighted by atomic mass is 16.6. The van der Waals surface area contributed by atoms with E-state index in [-0.39, 0.29) is 5.91 Å². The molecule has 2 amide bonds. The van der Waals surface area contributed by atoms with Gasteiger partial charge in [0.25, 0.3) is 0 Å². The van der Waals surface area contributed by atoms with Crippen LogP contribution in [-0.4, -0.2) is 53.7 Å². The van der Waals surface area contributed by atoms with Gasteiger partial charge in [-0.05, 0) is 33.6 Å². The fourth-order valence-corrected chi connectivity index (χ4v) is 2.47. The first-order valence-corrected chi connectivity index (χ1v) is 7.24. The molecule has 2 aliphatic heterocycles. The van der Waals surface area contributed by atoms with Gasteiger partial charge < -0.3 is 14.8 Å². The number of likely N-dealkylation sites (tertiary alicyclic amines) is 1. The fourth-order valence-electron chi connectivity index (χ4n) is 2.47. The molecule has 2 rings (SSSR count). The van der Waals surface area contributed by atoms with Crippen LogP contribution >= 0.6 is 0 Å². The highest BCUT2D eigenvalue weighted by Crippen LogP contribution is 2.21. The standard InChI is InChI=1S/C14H22N2O5/c1-14(2,3)21-13(19)16-7-4-5-10(16)11(17)15-9-6-8-20-12(9)18/h9-10H,4-8H2,1-3H3,(H,15,17)/t9-,10?/m1/s1. The van der Waals surface area contributed by atoms with Gasteiger partial charge >= 0.3 is 12.1 Å². The first-order chi connectivity index (χ1) is 9.78. The maximum atomic E-state index is 12.3. The van der Waals surface area contributed by atoms with E-state index >= 15 is 0 Å². The second-order valence-electron chi connectivity index (χ2n) is 6.35. The van der Waals surface area contributed by atoms with Gasteiger partial charge in [0.15, 0.2) is 0 Å². The number of esters is 1. The maximum absolute atomic E-state index is 12.3.